The van der Waals surface area contributed by atoms with Gasteiger partial charge in [0, 0.05) is 17.1 Å². The third-order valence-electron chi connectivity index (χ3n) is 14.8. The fraction of sp³-hybridized carbons (Fsp3) is 0.148. The molecule has 2 fully saturated rings. The SMILES string of the molecule is Cc1cccc2c1-c1ccc(N(c3ccc(-c4ccc5ccccc5c4-c4ccccc4)cc3)c3ccc(C4CC5CCC4C5)cc3)cc1C2(c1ccccc1)c1ccccc1. The lowest BCUT2D eigenvalue weighted by Gasteiger charge is -2.35. The number of rotatable bonds is 8. The average molecular weight is 796 g/mol. The molecule has 3 atom stereocenters. The summed E-state index contributed by atoms with van der Waals surface area (Å²) in [5.74, 6) is 2.45. The molecule has 3 aliphatic carbocycles. The van der Waals surface area contributed by atoms with Crippen LogP contribution in [0.2, 0.25) is 0 Å². The molecule has 9 aromatic carbocycles. The summed E-state index contributed by atoms with van der Waals surface area (Å²) in [6, 6.07) is 79.7. The Morgan fingerprint density at radius 2 is 1.08 bits per heavy atom. The second-order valence-electron chi connectivity index (χ2n) is 18.0. The molecule has 12 rings (SSSR count). The first-order valence-electron chi connectivity index (χ1n) is 22.6. The zero-order valence-corrected chi connectivity index (χ0v) is 35.2. The van der Waals surface area contributed by atoms with Gasteiger partial charge in [0.25, 0.3) is 0 Å². The van der Waals surface area contributed by atoms with Crippen molar-refractivity contribution in [1.29, 1.82) is 0 Å². The van der Waals surface area contributed by atoms with Crippen LogP contribution in [0, 0.1) is 18.8 Å². The predicted molar refractivity (Wildman–Crippen MR) is 260 cm³/mol. The average Bonchev–Trinajstić information content (AvgIpc) is 4.06. The maximum Gasteiger partial charge on any atom is 0.0714 e. The summed E-state index contributed by atoms with van der Waals surface area (Å²) in [5, 5.41) is 2.52. The Balaban J connectivity index is 1.04. The Bertz CT molecular complexity index is 3040. The van der Waals surface area contributed by atoms with E-state index in [-0.39, 0.29) is 0 Å². The van der Waals surface area contributed by atoms with E-state index >= 15 is 0 Å². The predicted octanol–water partition coefficient (Wildman–Crippen LogP) is 16.2. The lowest BCUT2D eigenvalue weighted by molar-refractivity contribution is 0.420. The van der Waals surface area contributed by atoms with Gasteiger partial charge in [-0.15, -0.1) is 0 Å². The Morgan fingerprint density at radius 3 is 1.76 bits per heavy atom. The van der Waals surface area contributed by atoms with Gasteiger partial charge >= 0.3 is 0 Å². The van der Waals surface area contributed by atoms with Crippen molar-refractivity contribution < 1.29 is 0 Å². The first-order valence-corrected chi connectivity index (χ1v) is 22.6. The smallest absolute Gasteiger partial charge is 0.0714 e. The second kappa shape index (κ2) is 14.9. The van der Waals surface area contributed by atoms with E-state index < -0.39 is 5.41 Å². The van der Waals surface area contributed by atoms with E-state index in [1.165, 1.54) is 109 Å². The van der Waals surface area contributed by atoms with Gasteiger partial charge in [0.1, 0.15) is 0 Å². The quantitative estimate of drug-likeness (QED) is 0.148. The van der Waals surface area contributed by atoms with Crippen molar-refractivity contribution >= 4 is 27.8 Å². The van der Waals surface area contributed by atoms with Crippen molar-refractivity contribution in [1.82, 2.24) is 0 Å². The van der Waals surface area contributed by atoms with Crippen molar-refractivity contribution in [2.45, 2.75) is 43.9 Å². The van der Waals surface area contributed by atoms with Gasteiger partial charge in [-0.25, -0.2) is 0 Å². The Hall–Kier alpha value is -6.96. The molecule has 2 bridgehead atoms. The van der Waals surface area contributed by atoms with Crippen LogP contribution in [-0.4, -0.2) is 0 Å². The van der Waals surface area contributed by atoms with E-state index in [0.717, 1.165) is 23.2 Å². The molecular formula is C61H49N. The Kier molecular flexibility index (Phi) is 8.85. The molecule has 62 heavy (non-hydrogen) atoms. The minimum absolute atomic E-state index is 0.486. The maximum atomic E-state index is 2.50. The molecule has 0 heterocycles. The fourth-order valence-electron chi connectivity index (χ4n) is 12.0. The van der Waals surface area contributed by atoms with Crippen LogP contribution in [0.1, 0.15) is 65.0 Å². The molecule has 0 spiro atoms. The standard InChI is InChI=1S/C61H49N/c1-41-14-13-23-57-59(41)55-37-35-52(40-58(55)61(57,48-18-7-3-8-19-48)49-20-9-4-10-21-49)62(51-33-28-45(29-34-51)56-39-42-24-25-47(56)38-42)50-31-26-44(27-32-50)54-36-30-43-15-11-12-22-53(43)60(54)46-16-5-2-6-17-46/h2-23,26-37,40,42,47,56H,24-25,38-39H2,1H3. The molecule has 0 saturated heterocycles. The van der Waals surface area contributed by atoms with Crippen LogP contribution in [0.15, 0.2) is 212 Å². The highest BCUT2D eigenvalue weighted by molar-refractivity contribution is 6.04. The number of fused-ring (bicyclic) bond motifs is 6. The number of aryl methyl sites for hydroxylation is 1. The minimum Gasteiger partial charge on any atom is -0.310 e. The number of nitrogens with zero attached hydrogens (tertiary/aromatic N) is 1. The summed E-state index contributed by atoms with van der Waals surface area (Å²) in [4.78, 5) is 2.49. The number of anilines is 3. The van der Waals surface area contributed by atoms with Crippen LogP contribution in [-0.2, 0) is 5.41 Å². The molecule has 2 saturated carbocycles. The molecule has 0 N–H and O–H groups in total. The summed E-state index contributed by atoms with van der Waals surface area (Å²) in [6.07, 6.45) is 5.57. The number of benzene rings is 9. The molecular weight excluding hydrogens is 747 g/mol. The number of hydrogen-bond donors (Lipinski definition) is 0. The zero-order valence-electron chi connectivity index (χ0n) is 35.2. The highest BCUT2D eigenvalue weighted by atomic mass is 15.1. The molecule has 1 heteroatoms. The van der Waals surface area contributed by atoms with Gasteiger partial charge in [-0.3, -0.25) is 0 Å². The topological polar surface area (TPSA) is 3.24 Å². The third kappa shape index (κ3) is 5.82. The highest BCUT2D eigenvalue weighted by Crippen LogP contribution is 2.58. The summed E-state index contributed by atoms with van der Waals surface area (Å²) in [5.41, 5.74) is 18.6. The Morgan fingerprint density at radius 1 is 0.452 bits per heavy atom. The van der Waals surface area contributed by atoms with Crippen molar-refractivity contribution in [3.63, 3.8) is 0 Å². The molecule has 1 nitrogen and oxygen atoms in total. The van der Waals surface area contributed by atoms with E-state index in [1.54, 1.807) is 0 Å². The van der Waals surface area contributed by atoms with Crippen LogP contribution in [0.4, 0.5) is 17.1 Å². The Labute approximate surface area is 366 Å². The van der Waals surface area contributed by atoms with Gasteiger partial charge < -0.3 is 4.90 Å². The van der Waals surface area contributed by atoms with Crippen LogP contribution in [0.5, 0.6) is 0 Å². The lowest BCUT2D eigenvalue weighted by Crippen LogP contribution is -2.28. The fourth-order valence-corrected chi connectivity index (χ4v) is 12.0. The van der Waals surface area contributed by atoms with Crippen molar-refractivity contribution in [3.8, 4) is 33.4 Å². The van der Waals surface area contributed by atoms with Crippen LogP contribution in [0.3, 0.4) is 0 Å². The van der Waals surface area contributed by atoms with Crippen LogP contribution >= 0.6 is 0 Å². The molecule has 0 radical (unpaired) electrons. The minimum atomic E-state index is -0.486. The lowest BCUT2D eigenvalue weighted by atomic mass is 9.67. The summed E-state index contributed by atoms with van der Waals surface area (Å²) >= 11 is 0. The summed E-state index contributed by atoms with van der Waals surface area (Å²) in [7, 11) is 0. The van der Waals surface area contributed by atoms with E-state index in [2.05, 4.69) is 224 Å². The van der Waals surface area contributed by atoms with Crippen LogP contribution in [0.25, 0.3) is 44.2 Å². The molecule has 298 valence electrons. The van der Waals surface area contributed by atoms with Gasteiger partial charge in [-0.1, -0.05) is 182 Å². The molecule has 0 amide bonds. The summed E-state index contributed by atoms with van der Waals surface area (Å²) < 4.78 is 0. The largest absolute Gasteiger partial charge is 0.310 e. The van der Waals surface area contributed by atoms with Gasteiger partial charge in [-0.05, 0) is 158 Å². The van der Waals surface area contributed by atoms with Crippen molar-refractivity contribution in [2.24, 2.45) is 11.8 Å². The molecule has 3 aliphatic rings. The van der Waals surface area contributed by atoms with Crippen molar-refractivity contribution in [2.75, 3.05) is 4.90 Å². The van der Waals surface area contributed by atoms with Gasteiger partial charge in [0.05, 0.1) is 5.41 Å². The maximum absolute atomic E-state index is 2.50. The number of hydrogen-bond acceptors (Lipinski definition) is 1. The van der Waals surface area contributed by atoms with E-state index in [0.29, 0.717) is 5.92 Å². The molecule has 9 aromatic rings. The molecule has 3 unspecified atom stereocenters. The monoisotopic (exact) mass is 795 g/mol. The van der Waals surface area contributed by atoms with E-state index in [1.807, 2.05) is 0 Å². The second-order valence-corrected chi connectivity index (χ2v) is 18.0. The first kappa shape index (κ1) is 36.9. The van der Waals surface area contributed by atoms with Gasteiger partial charge in [0.15, 0.2) is 0 Å². The summed E-state index contributed by atoms with van der Waals surface area (Å²) in [6.45, 7) is 2.27. The van der Waals surface area contributed by atoms with Crippen LogP contribution < -0.4 is 4.90 Å². The normalized spacial score (nSPS) is 18.1. The zero-order chi connectivity index (χ0) is 41.2. The third-order valence-corrected chi connectivity index (χ3v) is 14.8. The highest BCUT2D eigenvalue weighted by Gasteiger charge is 2.47. The van der Waals surface area contributed by atoms with Crippen molar-refractivity contribution in [3.05, 3.63) is 246 Å². The van der Waals surface area contributed by atoms with E-state index in [9.17, 15) is 0 Å². The van der Waals surface area contributed by atoms with Gasteiger partial charge in [-0.2, -0.15) is 0 Å². The molecule has 0 aliphatic heterocycles. The molecule has 0 aromatic heterocycles. The van der Waals surface area contributed by atoms with Gasteiger partial charge in [0.2, 0.25) is 0 Å². The first-order chi connectivity index (χ1) is 30.6. The van der Waals surface area contributed by atoms with E-state index in [4.69, 9.17) is 0 Å².